The number of benzene rings is 1. The van der Waals surface area contributed by atoms with Gasteiger partial charge in [-0.05, 0) is 19.1 Å². The highest BCUT2D eigenvalue weighted by Crippen LogP contribution is 2.26. The number of piperazine rings is 1. The van der Waals surface area contributed by atoms with Crippen LogP contribution in [0.2, 0.25) is 0 Å². The van der Waals surface area contributed by atoms with Gasteiger partial charge in [-0.1, -0.05) is 17.7 Å². The fraction of sp³-hybridized carbons (Fsp3) is 0.389. The van der Waals surface area contributed by atoms with Gasteiger partial charge in [0.1, 0.15) is 12.0 Å². The molecule has 3 rings (SSSR count). The van der Waals surface area contributed by atoms with Gasteiger partial charge in [-0.25, -0.2) is 9.97 Å². The van der Waals surface area contributed by atoms with E-state index < -0.39 is 0 Å². The smallest absolute Gasteiger partial charge is 0.269 e. The van der Waals surface area contributed by atoms with Crippen molar-refractivity contribution in [1.29, 1.82) is 0 Å². The van der Waals surface area contributed by atoms with Crippen LogP contribution in [0.3, 0.4) is 0 Å². The molecule has 1 fully saturated rings. The second-order valence-electron chi connectivity index (χ2n) is 6.46. The summed E-state index contributed by atoms with van der Waals surface area (Å²) >= 11 is 0. The molecule has 1 amide bonds. The number of hydrogen-bond acceptors (Lipinski definition) is 8. The summed E-state index contributed by atoms with van der Waals surface area (Å²) in [5.41, 5.74) is 13.6. The lowest BCUT2D eigenvalue weighted by atomic mass is 10.1. The lowest BCUT2D eigenvalue weighted by molar-refractivity contribution is 0.0962. The fourth-order valence-electron chi connectivity index (χ4n) is 2.96. The molecule has 1 aromatic carbocycles. The summed E-state index contributed by atoms with van der Waals surface area (Å²) in [4.78, 5) is 24.9. The lowest BCUT2D eigenvalue weighted by Gasteiger charge is -2.35. The zero-order valence-corrected chi connectivity index (χ0v) is 15.4. The average molecular weight is 371 g/mol. The van der Waals surface area contributed by atoms with Crippen molar-refractivity contribution in [2.24, 2.45) is 0 Å². The van der Waals surface area contributed by atoms with E-state index in [9.17, 15) is 4.79 Å². The summed E-state index contributed by atoms with van der Waals surface area (Å²) in [5.74, 6) is 0.728. The highest BCUT2D eigenvalue weighted by atomic mass is 16.3. The largest absolute Gasteiger partial charge is 0.395 e. The number of hydrazine groups is 1. The molecule has 0 saturated carbocycles. The summed E-state index contributed by atoms with van der Waals surface area (Å²) in [6.07, 6.45) is 1.42. The summed E-state index contributed by atoms with van der Waals surface area (Å²) < 4.78 is 0. The molecule has 1 aliphatic rings. The SMILES string of the molecule is Cc1ccc(C(=O)NNc2ncnc(N3CCN(CCO)CC3)c2N)cc1. The van der Waals surface area contributed by atoms with E-state index in [2.05, 4.69) is 30.6 Å². The topological polar surface area (TPSA) is 120 Å². The lowest BCUT2D eigenvalue weighted by Crippen LogP contribution is -2.47. The maximum absolute atomic E-state index is 12.2. The van der Waals surface area contributed by atoms with Crippen LogP contribution >= 0.6 is 0 Å². The van der Waals surface area contributed by atoms with Gasteiger partial charge in [0.2, 0.25) is 0 Å². The van der Waals surface area contributed by atoms with Crippen LogP contribution in [0, 0.1) is 6.92 Å². The number of amides is 1. The van der Waals surface area contributed by atoms with Crippen LogP contribution in [0.4, 0.5) is 17.3 Å². The van der Waals surface area contributed by atoms with Crippen molar-refractivity contribution in [2.75, 3.05) is 55.4 Å². The number of aromatic nitrogens is 2. The minimum Gasteiger partial charge on any atom is -0.395 e. The van der Waals surface area contributed by atoms with Gasteiger partial charge in [0.05, 0.1) is 6.61 Å². The maximum Gasteiger partial charge on any atom is 0.269 e. The first-order chi connectivity index (χ1) is 13.1. The molecule has 0 radical (unpaired) electrons. The normalized spacial score (nSPS) is 14.8. The summed E-state index contributed by atoms with van der Waals surface area (Å²) in [7, 11) is 0. The standard InChI is InChI=1S/C18H25N7O2/c1-13-2-4-14(5-3-13)18(27)23-22-16-15(19)17(21-12-20-16)25-8-6-24(7-9-25)10-11-26/h2-5,12,26H,6-11,19H2,1H3,(H,23,27)(H,20,21,22). The van der Waals surface area contributed by atoms with Crippen LogP contribution in [-0.4, -0.2) is 65.2 Å². The van der Waals surface area contributed by atoms with Gasteiger partial charge in [0.15, 0.2) is 11.6 Å². The molecule has 0 bridgehead atoms. The van der Waals surface area contributed by atoms with E-state index in [0.29, 0.717) is 29.4 Å². The Bertz CT molecular complexity index is 774. The number of β-amino-alcohol motifs (C(OH)–C–C–N with tert-alkyl or cyclic N) is 1. The number of rotatable bonds is 6. The number of hydrogen-bond donors (Lipinski definition) is 4. The van der Waals surface area contributed by atoms with Crippen molar-refractivity contribution in [3.8, 4) is 0 Å². The molecule has 1 saturated heterocycles. The fourth-order valence-corrected chi connectivity index (χ4v) is 2.96. The molecular weight excluding hydrogens is 346 g/mol. The molecule has 9 heteroatoms. The zero-order chi connectivity index (χ0) is 19.2. The van der Waals surface area contributed by atoms with E-state index in [1.807, 2.05) is 19.1 Å². The summed E-state index contributed by atoms with van der Waals surface area (Å²) in [5, 5.41) is 9.04. The van der Waals surface area contributed by atoms with E-state index in [1.165, 1.54) is 6.33 Å². The van der Waals surface area contributed by atoms with Gasteiger partial charge < -0.3 is 15.7 Å². The van der Waals surface area contributed by atoms with Gasteiger partial charge in [0.25, 0.3) is 5.91 Å². The molecule has 1 aromatic heterocycles. The van der Waals surface area contributed by atoms with E-state index >= 15 is 0 Å². The number of nitrogen functional groups attached to an aromatic ring is 1. The van der Waals surface area contributed by atoms with Crippen LogP contribution in [0.5, 0.6) is 0 Å². The molecule has 0 aliphatic carbocycles. The molecule has 2 heterocycles. The molecule has 1 aliphatic heterocycles. The first kappa shape index (κ1) is 18.9. The molecule has 0 unspecified atom stereocenters. The molecule has 0 atom stereocenters. The predicted molar refractivity (Wildman–Crippen MR) is 104 cm³/mol. The van der Waals surface area contributed by atoms with Gasteiger partial charge in [0, 0.05) is 38.3 Å². The molecule has 0 spiro atoms. The first-order valence-corrected chi connectivity index (χ1v) is 8.90. The maximum atomic E-state index is 12.2. The number of nitrogens with zero attached hydrogens (tertiary/aromatic N) is 4. The molecule has 144 valence electrons. The highest BCUT2D eigenvalue weighted by Gasteiger charge is 2.21. The second-order valence-corrected chi connectivity index (χ2v) is 6.46. The third-order valence-electron chi connectivity index (χ3n) is 4.56. The number of nitrogens with one attached hydrogen (secondary N) is 2. The Kier molecular flexibility index (Phi) is 6.05. The van der Waals surface area contributed by atoms with Gasteiger partial charge in [-0.3, -0.25) is 20.5 Å². The third kappa shape index (κ3) is 4.63. The van der Waals surface area contributed by atoms with E-state index in [0.717, 1.165) is 31.7 Å². The number of aliphatic hydroxyl groups excluding tert-OH is 1. The van der Waals surface area contributed by atoms with E-state index in [-0.39, 0.29) is 12.5 Å². The van der Waals surface area contributed by atoms with Crippen molar-refractivity contribution in [2.45, 2.75) is 6.92 Å². The minimum atomic E-state index is -0.271. The Balaban J connectivity index is 1.63. The Morgan fingerprint density at radius 2 is 1.89 bits per heavy atom. The van der Waals surface area contributed by atoms with Gasteiger partial charge >= 0.3 is 0 Å². The quantitative estimate of drug-likeness (QED) is 0.533. The third-order valence-corrected chi connectivity index (χ3v) is 4.56. The second kappa shape index (κ2) is 8.65. The minimum absolute atomic E-state index is 0.157. The monoisotopic (exact) mass is 371 g/mol. The van der Waals surface area contributed by atoms with Crippen LogP contribution in [0.1, 0.15) is 15.9 Å². The number of nitrogens with two attached hydrogens (primary N) is 1. The van der Waals surface area contributed by atoms with Crippen LogP contribution in [0.15, 0.2) is 30.6 Å². The van der Waals surface area contributed by atoms with Crippen molar-refractivity contribution in [1.82, 2.24) is 20.3 Å². The first-order valence-electron chi connectivity index (χ1n) is 8.90. The Morgan fingerprint density at radius 1 is 1.19 bits per heavy atom. The van der Waals surface area contributed by atoms with Crippen LogP contribution in [-0.2, 0) is 0 Å². The average Bonchev–Trinajstić information content (AvgIpc) is 2.68. The summed E-state index contributed by atoms with van der Waals surface area (Å²) in [6, 6.07) is 7.27. The number of carbonyl (C=O) groups is 1. The van der Waals surface area contributed by atoms with Crippen molar-refractivity contribution >= 4 is 23.2 Å². The van der Waals surface area contributed by atoms with E-state index in [4.69, 9.17) is 10.8 Å². The molecule has 9 nitrogen and oxygen atoms in total. The predicted octanol–water partition coefficient (Wildman–Crippen LogP) is 0.238. The van der Waals surface area contributed by atoms with Gasteiger partial charge in [-0.2, -0.15) is 0 Å². The Hall–Kier alpha value is -2.91. The van der Waals surface area contributed by atoms with Crippen molar-refractivity contribution in [3.05, 3.63) is 41.7 Å². The Labute approximate surface area is 158 Å². The Morgan fingerprint density at radius 3 is 2.56 bits per heavy atom. The number of aliphatic hydroxyl groups is 1. The number of aryl methyl sites for hydroxylation is 1. The molecule has 2 aromatic rings. The molecule has 27 heavy (non-hydrogen) atoms. The summed E-state index contributed by atoms with van der Waals surface area (Å²) in [6.45, 7) is 5.97. The van der Waals surface area contributed by atoms with E-state index in [1.54, 1.807) is 12.1 Å². The molecule has 5 N–H and O–H groups in total. The van der Waals surface area contributed by atoms with Crippen LogP contribution < -0.4 is 21.5 Å². The van der Waals surface area contributed by atoms with Gasteiger partial charge in [-0.15, -0.1) is 0 Å². The molecular formula is C18H25N7O2. The van der Waals surface area contributed by atoms with Crippen molar-refractivity contribution < 1.29 is 9.90 Å². The number of anilines is 3. The highest BCUT2D eigenvalue weighted by molar-refractivity contribution is 5.95. The van der Waals surface area contributed by atoms with Crippen molar-refractivity contribution in [3.63, 3.8) is 0 Å². The van der Waals surface area contributed by atoms with Crippen LogP contribution in [0.25, 0.3) is 0 Å². The zero-order valence-electron chi connectivity index (χ0n) is 15.4. The number of carbonyl (C=O) groups excluding carboxylic acids is 1.